The Hall–Kier alpha value is -0.156. The standard InChI is InChI=1S/C5H11NO2Si2/c1-10(7-9-8-10)5-3-2-4-6/h2-3,5,9H2,1H3. The van der Waals surface area contributed by atoms with Gasteiger partial charge in [-0.05, 0) is 19.0 Å². The van der Waals surface area contributed by atoms with E-state index in [0.717, 1.165) is 12.5 Å². The Morgan fingerprint density at radius 1 is 1.60 bits per heavy atom. The monoisotopic (exact) mass is 173 g/mol. The summed E-state index contributed by atoms with van der Waals surface area (Å²) in [6.45, 7) is 2.07. The summed E-state index contributed by atoms with van der Waals surface area (Å²) < 4.78 is 10.8. The maximum atomic E-state index is 8.25. The zero-order chi connectivity index (χ0) is 7.45. The molecule has 0 aromatic rings. The summed E-state index contributed by atoms with van der Waals surface area (Å²) in [6.07, 6.45) is 1.57. The van der Waals surface area contributed by atoms with E-state index >= 15 is 0 Å². The van der Waals surface area contributed by atoms with E-state index in [1.54, 1.807) is 0 Å². The zero-order valence-electron chi connectivity index (χ0n) is 6.09. The van der Waals surface area contributed by atoms with E-state index in [1.165, 1.54) is 0 Å². The Kier molecular flexibility index (Phi) is 2.62. The maximum absolute atomic E-state index is 8.25. The van der Waals surface area contributed by atoms with E-state index < -0.39 is 18.6 Å². The fourth-order valence-electron chi connectivity index (χ4n) is 0.893. The average Bonchev–Trinajstić information content (AvgIpc) is 1.85. The van der Waals surface area contributed by atoms with Crippen molar-refractivity contribution in [2.24, 2.45) is 0 Å². The minimum Gasteiger partial charge on any atom is -0.420 e. The molecule has 0 radical (unpaired) electrons. The van der Waals surface area contributed by atoms with Crippen LogP contribution in [0.5, 0.6) is 0 Å². The third-order valence-corrected chi connectivity index (χ3v) is 8.74. The van der Waals surface area contributed by atoms with Crippen molar-refractivity contribution in [3.63, 3.8) is 0 Å². The van der Waals surface area contributed by atoms with Crippen LogP contribution in [0.4, 0.5) is 0 Å². The fraction of sp³-hybridized carbons (Fsp3) is 0.800. The SMILES string of the molecule is C[Si]1(CCCC#N)O[SiH2]O1. The van der Waals surface area contributed by atoms with E-state index in [2.05, 4.69) is 12.6 Å². The molecular weight excluding hydrogens is 162 g/mol. The van der Waals surface area contributed by atoms with Crippen LogP contribution in [0, 0.1) is 11.3 Å². The summed E-state index contributed by atoms with van der Waals surface area (Å²) in [6, 6.07) is 3.10. The molecule has 0 saturated carbocycles. The molecule has 1 heterocycles. The fourth-order valence-corrected chi connectivity index (χ4v) is 4.95. The van der Waals surface area contributed by atoms with Gasteiger partial charge >= 0.3 is 8.56 Å². The van der Waals surface area contributed by atoms with Gasteiger partial charge in [0.15, 0.2) is 0 Å². The summed E-state index contributed by atoms with van der Waals surface area (Å²) >= 11 is 0. The minimum atomic E-state index is -1.62. The average molecular weight is 173 g/mol. The van der Waals surface area contributed by atoms with Crippen LogP contribution in [-0.4, -0.2) is 18.6 Å². The van der Waals surface area contributed by atoms with Gasteiger partial charge in [-0.25, -0.2) is 0 Å². The topological polar surface area (TPSA) is 42.2 Å². The first-order valence-corrected chi connectivity index (χ1v) is 7.09. The van der Waals surface area contributed by atoms with Crippen molar-refractivity contribution in [3.05, 3.63) is 0 Å². The predicted octanol–water partition coefficient (Wildman–Crippen LogP) is 0.408. The number of unbranched alkanes of at least 4 members (excludes halogenated alkanes) is 1. The Morgan fingerprint density at radius 3 is 2.70 bits per heavy atom. The molecule has 0 aromatic carbocycles. The Morgan fingerprint density at radius 2 is 2.30 bits per heavy atom. The molecule has 5 heteroatoms. The second-order valence-electron chi connectivity index (χ2n) is 2.55. The molecule has 0 aliphatic carbocycles. The third kappa shape index (κ3) is 1.92. The highest BCUT2D eigenvalue weighted by Crippen LogP contribution is 2.22. The van der Waals surface area contributed by atoms with Crippen LogP contribution in [-0.2, 0) is 8.23 Å². The van der Waals surface area contributed by atoms with Gasteiger partial charge in [-0.15, -0.1) is 0 Å². The van der Waals surface area contributed by atoms with Crippen LogP contribution in [0.25, 0.3) is 0 Å². The quantitative estimate of drug-likeness (QED) is 0.458. The molecule has 0 spiro atoms. The second-order valence-corrected chi connectivity index (χ2v) is 7.86. The van der Waals surface area contributed by atoms with Crippen LogP contribution in [0.15, 0.2) is 0 Å². The highest BCUT2D eigenvalue weighted by atomic mass is 28.5. The van der Waals surface area contributed by atoms with Crippen LogP contribution >= 0.6 is 0 Å². The molecule has 0 unspecified atom stereocenters. The van der Waals surface area contributed by atoms with Gasteiger partial charge in [0.1, 0.15) is 0 Å². The van der Waals surface area contributed by atoms with Crippen molar-refractivity contribution in [1.82, 2.24) is 0 Å². The molecule has 0 N–H and O–H groups in total. The van der Waals surface area contributed by atoms with E-state index in [1.807, 2.05) is 0 Å². The van der Waals surface area contributed by atoms with E-state index in [0.29, 0.717) is 6.42 Å². The molecule has 1 aliphatic heterocycles. The first kappa shape index (κ1) is 7.95. The van der Waals surface area contributed by atoms with Gasteiger partial charge in [0, 0.05) is 6.42 Å². The van der Waals surface area contributed by atoms with Crippen molar-refractivity contribution in [2.75, 3.05) is 0 Å². The lowest BCUT2D eigenvalue weighted by molar-refractivity contribution is 0.279. The van der Waals surface area contributed by atoms with Gasteiger partial charge in [-0.2, -0.15) is 5.26 Å². The van der Waals surface area contributed by atoms with Crippen molar-refractivity contribution < 1.29 is 8.23 Å². The Bertz CT molecular complexity index is 152. The number of nitriles is 1. The molecule has 0 amide bonds. The van der Waals surface area contributed by atoms with Crippen molar-refractivity contribution >= 4 is 18.6 Å². The normalized spacial score (nSPS) is 33.2. The van der Waals surface area contributed by atoms with Gasteiger partial charge in [0.05, 0.1) is 6.07 Å². The largest absolute Gasteiger partial charge is 0.420 e. The zero-order valence-corrected chi connectivity index (χ0v) is 8.51. The molecular formula is C5H11NO2Si2. The molecule has 10 heavy (non-hydrogen) atoms. The lowest BCUT2D eigenvalue weighted by Crippen LogP contribution is -2.51. The van der Waals surface area contributed by atoms with Gasteiger partial charge in [-0.1, -0.05) is 0 Å². The Balaban J connectivity index is 2.07. The molecule has 0 aromatic heterocycles. The number of nitrogens with zero attached hydrogens (tertiary/aromatic N) is 1. The number of rotatable bonds is 3. The van der Waals surface area contributed by atoms with E-state index in [-0.39, 0.29) is 0 Å². The number of hydrogen-bond donors (Lipinski definition) is 0. The molecule has 1 fully saturated rings. The molecule has 0 atom stereocenters. The molecule has 3 nitrogen and oxygen atoms in total. The number of hydrogen-bond acceptors (Lipinski definition) is 3. The van der Waals surface area contributed by atoms with Gasteiger partial charge in [0.2, 0.25) is 0 Å². The minimum absolute atomic E-state index is 0.555. The predicted molar refractivity (Wildman–Crippen MR) is 42.0 cm³/mol. The summed E-state index contributed by atoms with van der Waals surface area (Å²) in [5, 5.41) is 8.25. The smallest absolute Gasteiger partial charge is 0.316 e. The third-order valence-electron chi connectivity index (χ3n) is 1.65. The molecule has 1 saturated heterocycles. The van der Waals surface area contributed by atoms with Crippen molar-refractivity contribution in [1.29, 1.82) is 5.26 Å². The van der Waals surface area contributed by atoms with Crippen LogP contribution < -0.4 is 0 Å². The summed E-state index contributed by atoms with van der Waals surface area (Å²) in [5.41, 5.74) is 0. The second kappa shape index (κ2) is 3.30. The van der Waals surface area contributed by atoms with Gasteiger partial charge < -0.3 is 8.23 Å². The van der Waals surface area contributed by atoms with Crippen molar-refractivity contribution in [2.45, 2.75) is 25.4 Å². The van der Waals surface area contributed by atoms with Crippen LogP contribution in [0.2, 0.25) is 12.6 Å². The van der Waals surface area contributed by atoms with Gasteiger partial charge in [-0.3, -0.25) is 0 Å². The van der Waals surface area contributed by atoms with Crippen LogP contribution in [0.1, 0.15) is 12.8 Å². The van der Waals surface area contributed by atoms with E-state index in [9.17, 15) is 0 Å². The summed E-state index contributed by atoms with van der Waals surface area (Å²) in [5.74, 6) is 0. The summed E-state index contributed by atoms with van der Waals surface area (Å²) in [7, 11) is -2.18. The van der Waals surface area contributed by atoms with E-state index in [4.69, 9.17) is 13.5 Å². The maximum Gasteiger partial charge on any atom is 0.316 e. The van der Waals surface area contributed by atoms with Crippen molar-refractivity contribution in [3.8, 4) is 6.07 Å². The lowest BCUT2D eigenvalue weighted by atomic mass is 10.4. The molecule has 0 bridgehead atoms. The lowest BCUT2D eigenvalue weighted by Gasteiger charge is -2.36. The highest BCUT2D eigenvalue weighted by Gasteiger charge is 2.37. The molecule has 1 aliphatic rings. The van der Waals surface area contributed by atoms with Crippen LogP contribution in [0.3, 0.4) is 0 Å². The molecule has 1 rings (SSSR count). The first-order chi connectivity index (χ1) is 4.77. The first-order valence-electron chi connectivity index (χ1n) is 3.42. The molecule has 56 valence electrons. The highest BCUT2D eigenvalue weighted by molar-refractivity contribution is 6.79. The summed E-state index contributed by atoms with van der Waals surface area (Å²) in [4.78, 5) is 0. The Labute approximate surface area is 64.3 Å². The van der Waals surface area contributed by atoms with Gasteiger partial charge in [0.25, 0.3) is 10.0 Å².